The van der Waals surface area contributed by atoms with Crippen molar-refractivity contribution in [1.29, 1.82) is 0 Å². The molecule has 0 unspecified atom stereocenters. The van der Waals surface area contributed by atoms with Gasteiger partial charge >= 0.3 is 5.69 Å². The van der Waals surface area contributed by atoms with E-state index in [1.807, 2.05) is 19.2 Å². The van der Waals surface area contributed by atoms with Gasteiger partial charge in [-0.15, -0.1) is 0 Å². The molecule has 1 aromatic heterocycles. The predicted octanol–water partition coefficient (Wildman–Crippen LogP) is 1.25. The van der Waals surface area contributed by atoms with Crippen molar-refractivity contribution >= 4 is 22.6 Å². The average Bonchev–Trinajstić information content (AvgIpc) is 2.45. The van der Waals surface area contributed by atoms with Crippen LogP contribution in [0.3, 0.4) is 0 Å². The Bertz CT molecular complexity index is 597. The lowest BCUT2D eigenvalue weighted by Gasteiger charge is -2.04. The Kier molecular flexibility index (Phi) is 2.78. The minimum atomic E-state index is -0.0569. The highest BCUT2D eigenvalue weighted by Crippen LogP contribution is 2.23. The molecule has 4 nitrogen and oxygen atoms in total. The van der Waals surface area contributed by atoms with E-state index in [1.165, 1.54) is 0 Å². The van der Waals surface area contributed by atoms with Crippen LogP contribution >= 0.6 is 11.6 Å². The number of benzene rings is 1. The zero-order chi connectivity index (χ0) is 11.9. The SMILES string of the molecule is CNCc1cc(Cl)c2c(c1)n(C)c(=O)n2C. The van der Waals surface area contributed by atoms with Crippen LogP contribution in [0.5, 0.6) is 0 Å². The molecule has 0 aliphatic rings. The first-order chi connectivity index (χ1) is 7.56. The summed E-state index contributed by atoms with van der Waals surface area (Å²) in [5, 5.41) is 3.68. The number of fused-ring (bicyclic) bond motifs is 1. The van der Waals surface area contributed by atoms with E-state index in [4.69, 9.17) is 11.6 Å². The number of nitrogens with zero attached hydrogens (tertiary/aromatic N) is 2. The molecule has 0 aliphatic carbocycles. The molecule has 0 bridgehead atoms. The van der Waals surface area contributed by atoms with Gasteiger partial charge in [0.2, 0.25) is 0 Å². The number of hydrogen-bond acceptors (Lipinski definition) is 2. The highest BCUT2D eigenvalue weighted by atomic mass is 35.5. The van der Waals surface area contributed by atoms with Crippen molar-refractivity contribution in [1.82, 2.24) is 14.5 Å². The molecule has 0 atom stereocenters. The second-order valence-corrected chi connectivity index (χ2v) is 4.28. The number of hydrogen-bond donors (Lipinski definition) is 1. The van der Waals surface area contributed by atoms with Crippen LogP contribution in [-0.4, -0.2) is 16.2 Å². The lowest BCUT2D eigenvalue weighted by molar-refractivity contribution is 0.794. The van der Waals surface area contributed by atoms with Crippen molar-refractivity contribution in [3.05, 3.63) is 33.2 Å². The molecule has 86 valence electrons. The molecule has 0 radical (unpaired) electrons. The molecule has 0 aliphatic heterocycles. The Labute approximate surface area is 98.4 Å². The zero-order valence-corrected chi connectivity index (χ0v) is 10.3. The third kappa shape index (κ3) is 1.54. The van der Waals surface area contributed by atoms with Gasteiger partial charge in [-0.3, -0.25) is 9.13 Å². The number of nitrogens with one attached hydrogen (secondary N) is 1. The monoisotopic (exact) mass is 239 g/mol. The Hall–Kier alpha value is -1.26. The topological polar surface area (TPSA) is 39.0 Å². The first-order valence-electron chi connectivity index (χ1n) is 5.04. The van der Waals surface area contributed by atoms with Gasteiger partial charge in [0.15, 0.2) is 0 Å². The van der Waals surface area contributed by atoms with Gasteiger partial charge in [-0.1, -0.05) is 11.6 Å². The first-order valence-corrected chi connectivity index (χ1v) is 5.42. The third-order valence-corrected chi connectivity index (χ3v) is 3.04. The van der Waals surface area contributed by atoms with Crippen LogP contribution in [0.4, 0.5) is 0 Å². The van der Waals surface area contributed by atoms with Crippen LogP contribution in [0.1, 0.15) is 5.56 Å². The lowest BCUT2D eigenvalue weighted by atomic mass is 10.2. The molecule has 0 amide bonds. The molecule has 2 aromatic rings. The average molecular weight is 240 g/mol. The number of rotatable bonds is 2. The maximum atomic E-state index is 11.8. The van der Waals surface area contributed by atoms with Gasteiger partial charge in [-0.05, 0) is 24.7 Å². The zero-order valence-electron chi connectivity index (χ0n) is 9.54. The van der Waals surface area contributed by atoms with Crippen molar-refractivity contribution in [3.63, 3.8) is 0 Å². The van der Waals surface area contributed by atoms with Crippen molar-refractivity contribution < 1.29 is 0 Å². The Morgan fingerprint density at radius 2 is 2.00 bits per heavy atom. The summed E-state index contributed by atoms with van der Waals surface area (Å²) in [6.07, 6.45) is 0. The minimum absolute atomic E-state index is 0.0569. The maximum absolute atomic E-state index is 11.8. The summed E-state index contributed by atoms with van der Waals surface area (Å²) in [6.45, 7) is 0.735. The molecule has 5 heteroatoms. The Morgan fingerprint density at radius 3 is 2.62 bits per heavy atom. The summed E-state index contributed by atoms with van der Waals surface area (Å²) in [6, 6.07) is 3.87. The van der Waals surface area contributed by atoms with E-state index >= 15 is 0 Å². The quantitative estimate of drug-likeness (QED) is 0.857. The van der Waals surface area contributed by atoms with Gasteiger partial charge in [0.05, 0.1) is 16.1 Å². The van der Waals surface area contributed by atoms with Gasteiger partial charge in [0, 0.05) is 20.6 Å². The molecule has 1 N–H and O–H groups in total. The van der Waals surface area contributed by atoms with Crippen molar-refractivity contribution in [2.45, 2.75) is 6.54 Å². The Morgan fingerprint density at radius 1 is 1.31 bits per heavy atom. The molecule has 0 saturated carbocycles. The highest BCUT2D eigenvalue weighted by molar-refractivity contribution is 6.35. The fourth-order valence-corrected chi connectivity index (χ4v) is 2.32. The lowest BCUT2D eigenvalue weighted by Crippen LogP contribution is -2.19. The highest BCUT2D eigenvalue weighted by Gasteiger charge is 2.11. The van der Waals surface area contributed by atoms with Gasteiger partial charge in [0.1, 0.15) is 0 Å². The van der Waals surface area contributed by atoms with Gasteiger partial charge < -0.3 is 5.32 Å². The van der Waals surface area contributed by atoms with Gasteiger partial charge in [-0.25, -0.2) is 4.79 Å². The number of imidazole rings is 1. The maximum Gasteiger partial charge on any atom is 0.328 e. The van der Waals surface area contributed by atoms with E-state index in [0.717, 1.165) is 23.1 Å². The van der Waals surface area contributed by atoms with Crippen LogP contribution in [-0.2, 0) is 20.6 Å². The van der Waals surface area contributed by atoms with Crippen LogP contribution in [0.2, 0.25) is 5.02 Å². The molecular formula is C11H14ClN3O. The number of halogens is 1. The van der Waals surface area contributed by atoms with Crippen molar-refractivity contribution in [2.75, 3.05) is 7.05 Å². The minimum Gasteiger partial charge on any atom is -0.316 e. The van der Waals surface area contributed by atoms with Crippen LogP contribution in [0, 0.1) is 0 Å². The normalized spacial score (nSPS) is 11.2. The predicted molar refractivity (Wildman–Crippen MR) is 65.9 cm³/mol. The Balaban J connectivity index is 2.82. The van der Waals surface area contributed by atoms with Crippen molar-refractivity contribution in [3.8, 4) is 0 Å². The smallest absolute Gasteiger partial charge is 0.316 e. The summed E-state index contributed by atoms with van der Waals surface area (Å²) >= 11 is 6.19. The van der Waals surface area contributed by atoms with Crippen LogP contribution in [0.15, 0.2) is 16.9 Å². The summed E-state index contributed by atoms with van der Waals surface area (Å²) in [5.74, 6) is 0. The summed E-state index contributed by atoms with van der Waals surface area (Å²) in [4.78, 5) is 11.8. The summed E-state index contributed by atoms with van der Waals surface area (Å²) < 4.78 is 3.18. The third-order valence-electron chi connectivity index (χ3n) is 2.75. The first kappa shape index (κ1) is 11.2. The molecule has 2 rings (SSSR count). The van der Waals surface area contributed by atoms with Crippen LogP contribution in [0.25, 0.3) is 11.0 Å². The molecule has 1 heterocycles. The summed E-state index contributed by atoms with van der Waals surface area (Å²) in [7, 11) is 5.36. The number of aromatic nitrogens is 2. The van der Waals surface area contributed by atoms with E-state index < -0.39 is 0 Å². The number of aryl methyl sites for hydroxylation is 2. The van der Waals surface area contributed by atoms with Gasteiger partial charge in [0.25, 0.3) is 0 Å². The molecule has 0 fully saturated rings. The van der Waals surface area contributed by atoms with Crippen LogP contribution < -0.4 is 11.0 Å². The van der Waals surface area contributed by atoms with E-state index in [1.54, 1.807) is 23.2 Å². The molecule has 0 spiro atoms. The van der Waals surface area contributed by atoms with Crippen molar-refractivity contribution in [2.24, 2.45) is 14.1 Å². The van der Waals surface area contributed by atoms with E-state index in [-0.39, 0.29) is 5.69 Å². The fourth-order valence-electron chi connectivity index (χ4n) is 1.96. The molecular weight excluding hydrogens is 226 g/mol. The molecule has 1 aromatic carbocycles. The second-order valence-electron chi connectivity index (χ2n) is 3.88. The van der Waals surface area contributed by atoms with E-state index in [0.29, 0.717) is 5.02 Å². The van der Waals surface area contributed by atoms with E-state index in [2.05, 4.69) is 5.32 Å². The second kappa shape index (κ2) is 3.96. The standard InChI is InChI=1S/C11H14ClN3O/c1-13-6-7-4-8(12)10-9(5-7)14(2)11(16)15(10)3/h4-5,13H,6H2,1-3H3. The fraction of sp³-hybridized carbons (Fsp3) is 0.364. The molecule has 0 saturated heterocycles. The van der Waals surface area contributed by atoms with Gasteiger partial charge in [-0.2, -0.15) is 0 Å². The van der Waals surface area contributed by atoms with E-state index in [9.17, 15) is 4.79 Å². The molecule has 16 heavy (non-hydrogen) atoms. The largest absolute Gasteiger partial charge is 0.328 e. The summed E-state index contributed by atoms with van der Waals surface area (Å²) in [5.41, 5.74) is 2.67.